The number of methoxy groups -OCH3 is 2. The molecule has 0 aliphatic rings. The Morgan fingerprint density at radius 3 is 2.29 bits per heavy atom. The van der Waals surface area contributed by atoms with E-state index in [9.17, 15) is 9.59 Å². The van der Waals surface area contributed by atoms with Gasteiger partial charge >= 0.3 is 6.03 Å². The van der Waals surface area contributed by atoms with Gasteiger partial charge in [0.15, 0.2) is 0 Å². The van der Waals surface area contributed by atoms with Crippen LogP contribution in [0.1, 0.15) is 25.1 Å². The maximum Gasteiger partial charge on any atom is 0.322 e. The van der Waals surface area contributed by atoms with Crippen molar-refractivity contribution < 1.29 is 19.1 Å². The molecule has 1 aromatic heterocycles. The number of nitrogens with zero attached hydrogens (tertiary/aromatic N) is 3. The van der Waals surface area contributed by atoms with Crippen molar-refractivity contribution in [3.05, 3.63) is 84.1 Å². The Labute approximate surface area is 241 Å². The summed E-state index contributed by atoms with van der Waals surface area (Å²) in [5.74, 6) is 1.40. The van der Waals surface area contributed by atoms with E-state index in [0.717, 1.165) is 28.1 Å². The van der Waals surface area contributed by atoms with E-state index in [1.165, 1.54) is 12.0 Å². The van der Waals surface area contributed by atoms with Crippen LogP contribution >= 0.6 is 0 Å². The van der Waals surface area contributed by atoms with Crippen molar-refractivity contribution in [1.82, 2.24) is 14.7 Å². The number of aromatic nitrogens is 2. The Bertz CT molecular complexity index is 1510. The molecule has 0 fully saturated rings. The fourth-order valence-corrected chi connectivity index (χ4v) is 4.67. The Balaban J connectivity index is 1.64. The summed E-state index contributed by atoms with van der Waals surface area (Å²) in [5, 5.41) is 10.8. The average Bonchev–Trinajstić information content (AvgIpc) is 3.28. The van der Waals surface area contributed by atoms with Crippen molar-refractivity contribution in [3.63, 3.8) is 0 Å². The van der Waals surface area contributed by atoms with E-state index in [-0.39, 0.29) is 18.4 Å². The lowest BCUT2D eigenvalue weighted by Gasteiger charge is -2.25. The number of carbonyl (C=O) groups is 2. The zero-order valence-electron chi connectivity index (χ0n) is 24.4. The Hall–Kier alpha value is -4.79. The largest absolute Gasteiger partial charge is 0.497 e. The van der Waals surface area contributed by atoms with Crippen LogP contribution in [0.25, 0.3) is 16.8 Å². The first-order chi connectivity index (χ1) is 19.7. The molecule has 214 valence electrons. The molecule has 0 saturated heterocycles. The van der Waals surface area contributed by atoms with Crippen molar-refractivity contribution in [3.8, 4) is 28.3 Å². The van der Waals surface area contributed by atoms with Gasteiger partial charge in [-0.15, -0.1) is 0 Å². The number of anilines is 2. The Kier molecular flexibility index (Phi) is 9.29. The maximum atomic E-state index is 13.6. The van der Waals surface area contributed by atoms with E-state index >= 15 is 0 Å². The van der Waals surface area contributed by atoms with Crippen LogP contribution in [0.2, 0.25) is 0 Å². The molecule has 3 amide bonds. The molecule has 2 N–H and O–H groups in total. The molecule has 9 heteroatoms. The van der Waals surface area contributed by atoms with Crippen molar-refractivity contribution in [2.75, 3.05) is 37.9 Å². The van der Waals surface area contributed by atoms with Crippen molar-refractivity contribution in [1.29, 1.82) is 0 Å². The van der Waals surface area contributed by atoms with Crippen LogP contribution in [0.5, 0.6) is 11.5 Å². The monoisotopic (exact) mass is 555 g/mol. The van der Waals surface area contributed by atoms with Gasteiger partial charge in [-0.05, 0) is 49.1 Å². The smallest absolute Gasteiger partial charge is 0.322 e. The number of ether oxygens (including phenoxy) is 2. The molecule has 4 aromatic rings. The number of amides is 3. The van der Waals surface area contributed by atoms with Gasteiger partial charge in [0.1, 0.15) is 23.9 Å². The quantitative estimate of drug-likeness (QED) is 0.239. The predicted octanol–water partition coefficient (Wildman–Crippen LogP) is 6.30. The molecule has 0 spiro atoms. The van der Waals surface area contributed by atoms with Crippen LogP contribution < -0.4 is 20.1 Å². The van der Waals surface area contributed by atoms with Gasteiger partial charge in [0.25, 0.3) is 0 Å². The number of urea groups is 1. The first-order valence-electron chi connectivity index (χ1n) is 13.5. The minimum Gasteiger partial charge on any atom is -0.497 e. The van der Waals surface area contributed by atoms with Crippen molar-refractivity contribution in [2.45, 2.75) is 27.7 Å². The van der Waals surface area contributed by atoms with Gasteiger partial charge in [-0.1, -0.05) is 62.4 Å². The highest BCUT2D eigenvalue weighted by molar-refractivity contribution is 5.99. The number of benzene rings is 3. The summed E-state index contributed by atoms with van der Waals surface area (Å²) in [4.78, 5) is 28.5. The van der Waals surface area contributed by atoms with Crippen LogP contribution in [0.15, 0.2) is 72.8 Å². The Morgan fingerprint density at radius 1 is 0.927 bits per heavy atom. The lowest BCUT2D eigenvalue weighted by atomic mass is 10.1. The second-order valence-corrected chi connectivity index (χ2v) is 10.2. The molecule has 0 bridgehead atoms. The van der Waals surface area contributed by atoms with Crippen LogP contribution in [0.4, 0.5) is 16.3 Å². The lowest BCUT2D eigenvalue weighted by molar-refractivity contribution is -0.116. The molecule has 3 aromatic carbocycles. The molecule has 0 saturated carbocycles. The van der Waals surface area contributed by atoms with E-state index in [1.54, 1.807) is 30.0 Å². The summed E-state index contributed by atoms with van der Waals surface area (Å²) in [6.07, 6.45) is 0. The van der Waals surface area contributed by atoms with Gasteiger partial charge in [0, 0.05) is 18.2 Å². The standard InChI is InChI=1S/C32H37N5O4/c1-21(2)19-36(32(39)33-26-17-16-25(40-5)18-28(26)41-6)20-29(38)34-31-30(24-13-8-7-9-14-24)23(4)35-37(31)27-15-11-10-12-22(27)3/h7-18,21H,19-20H2,1-6H3,(H,33,39)(H,34,38). The van der Waals surface area contributed by atoms with Gasteiger partial charge in [0.05, 0.1) is 31.3 Å². The van der Waals surface area contributed by atoms with Crippen LogP contribution in [0.3, 0.4) is 0 Å². The molecule has 4 rings (SSSR count). The number of para-hydroxylation sites is 1. The van der Waals surface area contributed by atoms with Gasteiger partial charge in [-0.2, -0.15) is 5.10 Å². The van der Waals surface area contributed by atoms with Gasteiger partial charge < -0.3 is 25.0 Å². The SMILES string of the molecule is COc1ccc(NC(=O)N(CC(=O)Nc2c(-c3ccccc3)c(C)nn2-c2ccccc2C)CC(C)C)c(OC)c1. The number of nitrogens with one attached hydrogen (secondary N) is 2. The third-order valence-corrected chi connectivity index (χ3v) is 6.58. The highest BCUT2D eigenvalue weighted by Crippen LogP contribution is 2.34. The highest BCUT2D eigenvalue weighted by atomic mass is 16.5. The summed E-state index contributed by atoms with van der Waals surface area (Å²) >= 11 is 0. The van der Waals surface area contributed by atoms with E-state index in [2.05, 4.69) is 10.6 Å². The lowest BCUT2D eigenvalue weighted by Crippen LogP contribution is -2.42. The minimum atomic E-state index is -0.413. The molecule has 0 aliphatic carbocycles. The summed E-state index contributed by atoms with van der Waals surface area (Å²) in [6.45, 7) is 8.14. The van der Waals surface area contributed by atoms with E-state index in [4.69, 9.17) is 14.6 Å². The minimum absolute atomic E-state index is 0.130. The number of hydrogen-bond donors (Lipinski definition) is 2. The van der Waals surface area contributed by atoms with Crippen molar-refractivity contribution >= 4 is 23.4 Å². The summed E-state index contributed by atoms with van der Waals surface area (Å²) in [6, 6.07) is 22.4. The number of hydrogen-bond acceptors (Lipinski definition) is 5. The van der Waals surface area contributed by atoms with Crippen LogP contribution in [0, 0.1) is 19.8 Å². The summed E-state index contributed by atoms with van der Waals surface area (Å²) in [7, 11) is 3.08. The second kappa shape index (κ2) is 13.0. The molecule has 1 heterocycles. The van der Waals surface area contributed by atoms with E-state index in [0.29, 0.717) is 29.5 Å². The molecule has 0 atom stereocenters. The molecule has 0 radical (unpaired) electrons. The fourth-order valence-electron chi connectivity index (χ4n) is 4.67. The molecule has 41 heavy (non-hydrogen) atoms. The van der Waals surface area contributed by atoms with Gasteiger partial charge in [-0.3, -0.25) is 4.79 Å². The second-order valence-electron chi connectivity index (χ2n) is 10.2. The molecule has 0 unspecified atom stereocenters. The number of aryl methyl sites for hydroxylation is 2. The molecule has 0 aliphatic heterocycles. The normalized spacial score (nSPS) is 10.8. The Morgan fingerprint density at radius 2 is 1.63 bits per heavy atom. The number of rotatable bonds is 10. The first-order valence-corrected chi connectivity index (χ1v) is 13.5. The van der Waals surface area contributed by atoms with Crippen LogP contribution in [-0.2, 0) is 4.79 Å². The predicted molar refractivity (Wildman–Crippen MR) is 162 cm³/mol. The topological polar surface area (TPSA) is 97.7 Å². The average molecular weight is 556 g/mol. The van der Waals surface area contributed by atoms with E-state index in [1.807, 2.05) is 82.3 Å². The first kappa shape index (κ1) is 29.2. The molecular weight excluding hydrogens is 518 g/mol. The highest BCUT2D eigenvalue weighted by Gasteiger charge is 2.24. The zero-order chi connectivity index (χ0) is 29.5. The molecular formula is C32H37N5O4. The zero-order valence-corrected chi connectivity index (χ0v) is 24.4. The summed E-state index contributed by atoms with van der Waals surface area (Å²) in [5.41, 5.74) is 4.88. The maximum absolute atomic E-state index is 13.6. The summed E-state index contributed by atoms with van der Waals surface area (Å²) < 4.78 is 12.4. The molecule has 9 nitrogen and oxygen atoms in total. The van der Waals surface area contributed by atoms with Gasteiger partial charge in [0.2, 0.25) is 5.91 Å². The third kappa shape index (κ3) is 6.87. The number of carbonyl (C=O) groups excluding carboxylic acids is 2. The van der Waals surface area contributed by atoms with Crippen LogP contribution in [-0.4, -0.2) is 53.9 Å². The van der Waals surface area contributed by atoms with Gasteiger partial charge in [-0.25, -0.2) is 9.48 Å². The van der Waals surface area contributed by atoms with Crippen molar-refractivity contribution in [2.24, 2.45) is 5.92 Å². The third-order valence-electron chi connectivity index (χ3n) is 6.58. The van der Waals surface area contributed by atoms with E-state index < -0.39 is 6.03 Å². The fraction of sp³-hybridized carbons (Fsp3) is 0.281.